The van der Waals surface area contributed by atoms with Crippen LogP contribution in [-0.4, -0.2) is 27.8 Å². The van der Waals surface area contributed by atoms with Crippen LogP contribution in [0.15, 0.2) is 35.7 Å². The monoisotopic (exact) mass is 315 g/mol. The third kappa shape index (κ3) is 3.91. The van der Waals surface area contributed by atoms with Crippen LogP contribution in [-0.2, 0) is 4.79 Å². The number of benzene rings is 1. The van der Waals surface area contributed by atoms with E-state index in [0.29, 0.717) is 11.7 Å². The lowest BCUT2D eigenvalue weighted by atomic mass is 10.1. The van der Waals surface area contributed by atoms with Crippen molar-refractivity contribution < 1.29 is 4.79 Å². The van der Waals surface area contributed by atoms with E-state index in [0.717, 1.165) is 17.4 Å². The van der Waals surface area contributed by atoms with Crippen LogP contribution in [0.3, 0.4) is 0 Å². The van der Waals surface area contributed by atoms with E-state index in [4.69, 9.17) is 0 Å². The minimum atomic E-state index is 0.0897. The number of hydrogen-bond acceptors (Lipinski definition) is 3. The lowest BCUT2D eigenvalue weighted by Crippen LogP contribution is -2.27. The Morgan fingerprint density at radius 2 is 2.05 bits per heavy atom. The number of aryl methyl sites for hydroxylation is 2. The molecule has 0 spiro atoms. The first-order valence-corrected chi connectivity index (χ1v) is 8.62. The number of carbonyl (C=O) groups excluding carboxylic acids is 1. The Kier molecular flexibility index (Phi) is 4.52. The zero-order chi connectivity index (χ0) is 15.5. The van der Waals surface area contributed by atoms with Gasteiger partial charge in [0.2, 0.25) is 5.91 Å². The van der Waals surface area contributed by atoms with Crippen LogP contribution in [0.4, 0.5) is 0 Å². The number of nitrogens with zero attached hydrogens (tertiary/aromatic N) is 2. The maximum Gasteiger partial charge on any atom is 0.230 e. The van der Waals surface area contributed by atoms with Gasteiger partial charge < -0.3 is 5.32 Å². The van der Waals surface area contributed by atoms with Gasteiger partial charge in [-0.2, -0.15) is 0 Å². The van der Waals surface area contributed by atoms with Gasteiger partial charge in [-0.25, -0.2) is 4.98 Å². The predicted octanol–water partition coefficient (Wildman–Crippen LogP) is 3.11. The first-order valence-electron chi connectivity index (χ1n) is 7.63. The number of rotatable bonds is 6. The van der Waals surface area contributed by atoms with E-state index in [-0.39, 0.29) is 5.91 Å². The normalized spacial score (nSPS) is 14.1. The van der Waals surface area contributed by atoms with E-state index in [1.54, 1.807) is 6.20 Å². The predicted molar refractivity (Wildman–Crippen MR) is 89.5 cm³/mol. The Hall–Kier alpha value is -1.75. The number of hydrogen-bond donors (Lipinski definition) is 1. The standard InChI is InChI=1S/C17H21N3OS/c1-12-7-13(2)9-15(8-12)20-6-5-18-17(20)22-11-16(21)19-10-14-3-4-14/h5-9,14H,3-4,10-11H2,1-2H3,(H,19,21). The molecule has 0 radical (unpaired) electrons. The Morgan fingerprint density at radius 3 is 2.73 bits per heavy atom. The van der Waals surface area contributed by atoms with Crippen LogP contribution in [0.2, 0.25) is 0 Å². The second kappa shape index (κ2) is 6.57. The molecule has 0 bridgehead atoms. The fraction of sp³-hybridized carbons (Fsp3) is 0.412. The molecular formula is C17H21N3OS. The van der Waals surface area contributed by atoms with Crippen LogP contribution in [0, 0.1) is 19.8 Å². The summed E-state index contributed by atoms with van der Waals surface area (Å²) in [5.74, 6) is 1.22. The first-order chi connectivity index (χ1) is 10.6. The number of aromatic nitrogens is 2. The van der Waals surface area contributed by atoms with Gasteiger partial charge in [-0.15, -0.1) is 0 Å². The van der Waals surface area contributed by atoms with E-state index < -0.39 is 0 Å². The van der Waals surface area contributed by atoms with Crippen molar-refractivity contribution in [2.45, 2.75) is 31.8 Å². The summed E-state index contributed by atoms with van der Waals surface area (Å²) >= 11 is 1.48. The largest absolute Gasteiger partial charge is 0.355 e. The molecule has 0 unspecified atom stereocenters. The van der Waals surface area contributed by atoms with Gasteiger partial charge in [0.15, 0.2) is 5.16 Å². The van der Waals surface area contributed by atoms with Gasteiger partial charge in [0.05, 0.1) is 5.75 Å². The lowest BCUT2D eigenvalue weighted by molar-refractivity contribution is -0.118. The summed E-state index contributed by atoms with van der Waals surface area (Å²) < 4.78 is 2.04. The molecule has 0 atom stereocenters. The quantitative estimate of drug-likeness (QED) is 0.833. The summed E-state index contributed by atoms with van der Waals surface area (Å²) in [6.45, 7) is 5.00. The molecule has 1 saturated carbocycles. The molecule has 1 aromatic heterocycles. The molecule has 1 aromatic carbocycles. The number of carbonyl (C=O) groups is 1. The fourth-order valence-corrected chi connectivity index (χ4v) is 3.25. The molecule has 1 heterocycles. The molecule has 22 heavy (non-hydrogen) atoms. The van der Waals surface area contributed by atoms with Crippen molar-refractivity contribution in [2.24, 2.45) is 5.92 Å². The smallest absolute Gasteiger partial charge is 0.230 e. The van der Waals surface area contributed by atoms with Crippen molar-refractivity contribution in [2.75, 3.05) is 12.3 Å². The van der Waals surface area contributed by atoms with Gasteiger partial charge in [-0.3, -0.25) is 9.36 Å². The van der Waals surface area contributed by atoms with Crippen molar-refractivity contribution in [3.8, 4) is 5.69 Å². The summed E-state index contributed by atoms with van der Waals surface area (Å²) in [6, 6.07) is 6.41. The molecule has 0 saturated heterocycles. The molecule has 3 rings (SSSR count). The number of thioether (sulfide) groups is 1. The van der Waals surface area contributed by atoms with Gasteiger partial charge in [0.1, 0.15) is 0 Å². The van der Waals surface area contributed by atoms with Crippen LogP contribution < -0.4 is 5.32 Å². The molecule has 1 aliphatic carbocycles. The molecule has 1 amide bonds. The highest BCUT2D eigenvalue weighted by Crippen LogP contribution is 2.27. The maximum absolute atomic E-state index is 11.9. The molecule has 1 N–H and O–H groups in total. The fourth-order valence-electron chi connectivity index (χ4n) is 2.44. The number of amides is 1. The molecule has 5 heteroatoms. The lowest BCUT2D eigenvalue weighted by Gasteiger charge is -2.10. The Morgan fingerprint density at radius 1 is 1.32 bits per heavy atom. The van der Waals surface area contributed by atoms with E-state index in [9.17, 15) is 4.79 Å². The highest BCUT2D eigenvalue weighted by molar-refractivity contribution is 7.99. The van der Waals surface area contributed by atoms with Crippen molar-refractivity contribution in [1.29, 1.82) is 0 Å². The van der Waals surface area contributed by atoms with Gasteiger partial charge in [-0.05, 0) is 55.9 Å². The second-order valence-corrected chi connectivity index (χ2v) is 6.90. The van der Waals surface area contributed by atoms with Gasteiger partial charge in [0, 0.05) is 24.6 Å². The third-order valence-electron chi connectivity index (χ3n) is 3.71. The molecule has 2 aromatic rings. The second-order valence-electron chi connectivity index (χ2n) is 5.96. The van der Waals surface area contributed by atoms with Crippen LogP contribution in [0.5, 0.6) is 0 Å². The minimum Gasteiger partial charge on any atom is -0.355 e. The zero-order valence-electron chi connectivity index (χ0n) is 13.0. The summed E-state index contributed by atoms with van der Waals surface area (Å²) in [7, 11) is 0. The molecular weight excluding hydrogens is 294 g/mol. The number of nitrogens with one attached hydrogen (secondary N) is 1. The van der Waals surface area contributed by atoms with E-state index in [1.165, 1.54) is 35.7 Å². The highest BCUT2D eigenvalue weighted by Gasteiger charge is 2.21. The molecule has 1 aliphatic rings. The van der Waals surface area contributed by atoms with E-state index in [1.807, 2.05) is 10.8 Å². The van der Waals surface area contributed by atoms with E-state index in [2.05, 4.69) is 42.3 Å². The zero-order valence-corrected chi connectivity index (χ0v) is 13.8. The van der Waals surface area contributed by atoms with Gasteiger partial charge >= 0.3 is 0 Å². The van der Waals surface area contributed by atoms with Gasteiger partial charge in [-0.1, -0.05) is 17.8 Å². The third-order valence-corrected chi connectivity index (χ3v) is 4.68. The van der Waals surface area contributed by atoms with Crippen LogP contribution >= 0.6 is 11.8 Å². The SMILES string of the molecule is Cc1cc(C)cc(-n2ccnc2SCC(=O)NCC2CC2)c1. The molecule has 0 aliphatic heterocycles. The average molecular weight is 315 g/mol. The van der Waals surface area contributed by atoms with Crippen LogP contribution in [0.25, 0.3) is 5.69 Å². The van der Waals surface area contributed by atoms with Crippen molar-refractivity contribution in [1.82, 2.24) is 14.9 Å². The van der Waals surface area contributed by atoms with Crippen molar-refractivity contribution in [3.05, 3.63) is 41.7 Å². The van der Waals surface area contributed by atoms with E-state index >= 15 is 0 Å². The molecule has 116 valence electrons. The summed E-state index contributed by atoms with van der Waals surface area (Å²) in [4.78, 5) is 16.2. The topological polar surface area (TPSA) is 46.9 Å². The Labute approximate surface area is 135 Å². The minimum absolute atomic E-state index is 0.0897. The Balaban J connectivity index is 1.65. The first kappa shape index (κ1) is 15.2. The van der Waals surface area contributed by atoms with Crippen molar-refractivity contribution in [3.63, 3.8) is 0 Å². The summed E-state index contributed by atoms with van der Waals surface area (Å²) in [5, 5.41) is 3.84. The average Bonchev–Trinajstić information content (AvgIpc) is 3.18. The maximum atomic E-state index is 11.9. The summed E-state index contributed by atoms with van der Waals surface area (Å²) in [5.41, 5.74) is 3.54. The highest BCUT2D eigenvalue weighted by atomic mass is 32.2. The van der Waals surface area contributed by atoms with Gasteiger partial charge in [0.25, 0.3) is 0 Å². The molecule has 1 fully saturated rings. The van der Waals surface area contributed by atoms with Crippen LogP contribution in [0.1, 0.15) is 24.0 Å². The number of imidazole rings is 1. The molecule has 4 nitrogen and oxygen atoms in total. The Bertz CT molecular complexity index is 656. The van der Waals surface area contributed by atoms with Crippen molar-refractivity contribution >= 4 is 17.7 Å². The summed E-state index contributed by atoms with van der Waals surface area (Å²) in [6.07, 6.45) is 6.23.